The summed E-state index contributed by atoms with van der Waals surface area (Å²) in [7, 11) is 0. The van der Waals surface area contributed by atoms with Gasteiger partial charge in [-0.25, -0.2) is 9.59 Å². The number of rotatable bonds is 3. The molecule has 0 aliphatic rings. The molecule has 3 N–H and O–H groups in total. The zero-order valence-corrected chi connectivity index (χ0v) is 14.0. The number of carbonyl (C=O) groups excluding carboxylic acids is 1. The molecule has 6 nitrogen and oxygen atoms in total. The number of amides is 1. The summed E-state index contributed by atoms with van der Waals surface area (Å²) in [6.45, 7) is 3.86. The fourth-order valence-corrected chi connectivity index (χ4v) is 2.70. The van der Waals surface area contributed by atoms with Crippen molar-refractivity contribution in [1.82, 2.24) is 0 Å². The average Bonchev–Trinajstić information content (AvgIpc) is 2.56. The number of fused-ring (bicyclic) bond motifs is 1. The molecule has 1 amide bonds. The molecule has 0 saturated carbocycles. The topological polar surface area (TPSA) is 94.6 Å². The third kappa shape index (κ3) is 3.33. The van der Waals surface area contributed by atoms with Gasteiger partial charge in [0.1, 0.15) is 5.58 Å². The van der Waals surface area contributed by atoms with E-state index >= 15 is 0 Å². The van der Waals surface area contributed by atoms with E-state index in [0.717, 1.165) is 16.5 Å². The van der Waals surface area contributed by atoms with Gasteiger partial charge in [0.2, 0.25) is 0 Å². The van der Waals surface area contributed by atoms with E-state index in [2.05, 4.69) is 5.32 Å². The third-order valence-corrected chi connectivity index (χ3v) is 3.89. The molecule has 1 heterocycles. The van der Waals surface area contributed by atoms with Gasteiger partial charge in [0.25, 0.3) is 0 Å². The van der Waals surface area contributed by atoms with Crippen molar-refractivity contribution in [3.05, 3.63) is 58.4 Å². The molecule has 0 aliphatic heterocycles. The molecule has 0 atom stereocenters. The number of hydrogen-bond acceptors (Lipinski definition) is 5. The molecule has 0 radical (unpaired) electrons. The van der Waals surface area contributed by atoms with Crippen molar-refractivity contribution in [2.75, 3.05) is 17.7 Å². The number of ether oxygens (including phenoxy) is 1. The van der Waals surface area contributed by atoms with E-state index in [1.807, 2.05) is 6.92 Å². The maximum atomic E-state index is 12.5. The van der Waals surface area contributed by atoms with Gasteiger partial charge in [-0.2, -0.15) is 0 Å². The van der Waals surface area contributed by atoms with Gasteiger partial charge in [-0.05, 0) is 49.2 Å². The molecule has 3 rings (SSSR count). The lowest BCUT2D eigenvalue weighted by Gasteiger charge is -2.10. The van der Waals surface area contributed by atoms with Crippen molar-refractivity contribution in [3.8, 4) is 11.1 Å². The third-order valence-electron chi connectivity index (χ3n) is 3.89. The van der Waals surface area contributed by atoms with Crippen LogP contribution in [-0.2, 0) is 4.74 Å². The van der Waals surface area contributed by atoms with E-state index < -0.39 is 11.7 Å². The maximum Gasteiger partial charge on any atom is 0.411 e. The van der Waals surface area contributed by atoms with Gasteiger partial charge in [-0.1, -0.05) is 12.1 Å². The molecule has 6 heteroatoms. The molecule has 3 aromatic rings. The Morgan fingerprint density at radius 3 is 2.60 bits per heavy atom. The molecule has 0 bridgehead atoms. The predicted molar refractivity (Wildman–Crippen MR) is 97.7 cm³/mol. The highest BCUT2D eigenvalue weighted by Gasteiger charge is 2.14. The van der Waals surface area contributed by atoms with E-state index in [-0.39, 0.29) is 6.61 Å². The Bertz CT molecular complexity index is 991. The smallest absolute Gasteiger partial charge is 0.411 e. The average molecular weight is 338 g/mol. The summed E-state index contributed by atoms with van der Waals surface area (Å²) in [5.41, 5.74) is 8.83. The standard InChI is InChI=1S/C19H18N2O4/c1-3-24-19(23)21-14-8-9-15-11(2)17(18(22)25-16(15)10-14)12-4-6-13(20)7-5-12/h4-10H,3,20H2,1-2H3,(H,21,23). The molecule has 1 aromatic heterocycles. The van der Waals surface area contributed by atoms with Crippen molar-refractivity contribution in [1.29, 1.82) is 0 Å². The molecular weight excluding hydrogens is 320 g/mol. The molecule has 0 fully saturated rings. The number of carbonyl (C=O) groups is 1. The van der Waals surface area contributed by atoms with E-state index in [0.29, 0.717) is 22.5 Å². The first-order valence-electron chi connectivity index (χ1n) is 7.86. The first kappa shape index (κ1) is 16.6. The molecule has 0 spiro atoms. The lowest BCUT2D eigenvalue weighted by Crippen LogP contribution is -2.13. The van der Waals surface area contributed by atoms with Crippen LogP contribution in [0.4, 0.5) is 16.2 Å². The van der Waals surface area contributed by atoms with Crippen LogP contribution in [0.5, 0.6) is 0 Å². The van der Waals surface area contributed by atoms with Crippen molar-refractivity contribution in [2.45, 2.75) is 13.8 Å². The zero-order chi connectivity index (χ0) is 18.0. The molecule has 0 aliphatic carbocycles. The van der Waals surface area contributed by atoms with Crippen molar-refractivity contribution >= 4 is 28.4 Å². The van der Waals surface area contributed by atoms with Crippen LogP contribution in [0.2, 0.25) is 0 Å². The molecule has 0 unspecified atom stereocenters. The van der Waals surface area contributed by atoms with Crippen LogP contribution >= 0.6 is 0 Å². The van der Waals surface area contributed by atoms with Crippen molar-refractivity contribution < 1.29 is 13.9 Å². The first-order chi connectivity index (χ1) is 12.0. The van der Waals surface area contributed by atoms with Gasteiger partial charge in [0.15, 0.2) is 0 Å². The van der Waals surface area contributed by atoms with Gasteiger partial charge >= 0.3 is 11.7 Å². The largest absolute Gasteiger partial charge is 0.450 e. The molecule has 2 aromatic carbocycles. The van der Waals surface area contributed by atoms with Crippen molar-refractivity contribution in [2.24, 2.45) is 0 Å². The SMILES string of the molecule is CCOC(=O)Nc1ccc2c(C)c(-c3ccc(N)cc3)c(=O)oc2c1. The number of hydrogen-bond donors (Lipinski definition) is 2. The number of nitrogens with one attached hydrogen (secondary N) is 1. The van der Waals surface area contributed by atoms with Gasteiger partial charge in [-0.3, -0.25) is 5.32 Å². The van der Waals surface area contributed by atoms with Crippen LogP contribution in [0, 0.1) is 6.92 Å². The second-order valence-corrected chi connectivity index (χ2v) is 5.57. The summed E-state index contributed by atoms with van der Waals surface area (Å²) in [5.74, 6) is 0. The van der Waals surface area contributed by atoms with E-state index in [1.54, 1.807) is 49.4 Å². The highest BCUT2D eigenvalue weighted by molar-refractivity contribution is 5.92. The van der Waals surface area contributed by atoms with Crippen LogP contribution in [0.15, 0.2) is 51.7 Å². The lowest BCUT2D eigenvalue weighted by atomic mass is 9.99. The number of aryl methyl sites for hydroxylation is 1. The van der Waals surface area contributed by atoms with Crippen LogP contribution in [0.1, 0.15) is 12.5 Å². The van der Waals surface area contributed by atoms with Gasteiger partial charge in [0.05, 0.1) is 12.2 Å². The molecule has 25 heavy (non-hydrogen) atoms. The minimum absolute atomic E-state index is 0.276. The van der Waals surface area contributed by atoms with E-state index in [1.165, 1.54) is 0 Å². The van der Waals surface area contributed by atoms with Crippen LogP contribution in [0.25, 0.3) is 22.1 Å². The molecule has 128 valence electrons. The highest BCUT2D eigenvalue weighted by atomic mass is 16.5. The highest BCUT2D eigenvalue weighted by Crippen LogP contribution is 2.28. The van der Waals surface area contributed by atoms with Crippen LogP contribution < -0.4 is 16.7 Å². The summed E-state index contributed by atoms with van der Waals surface area (Å²) in [4.78, 5) is 24.0. The zero-order valence-electron chi connectivity index (χ0n) is 14.0. The van der Waals surface area contributed by atoms with Gasteiger partial charge in [0, 0.05) is 22.8 Å². The van der Waals surface area contributed by atoms with Gasteiger partial charge in [-0.15, -0.1) is 0 Å². The Balaban J connectivity index is 2.07. The summed E-state index contributed by atoms with van der Waals surface area (Å²) in [6.07, 6.45) is -0.556. The number of benzene rings is 2. The minimum Gasteiger partial charge on any atom is -0.450 e. The van der Waals surface area contributed by atoms with Crippen LogP contribution in [-0.4, -0.2) is 12.7 Å². The monoisotopic (exact) mass is 338 g/mol. The normalized spacial score (nSPS) is 10.6. The Hall–Kier alpha value is -3.28. The molecule has 0 saturated heterocycles. The fourth-order valence-electron chi connectivity index (χ4n) is 2.70. The minimum atomic E-state index is -0.556. The first-order valence-corrected chi connectivity index (χ1v) is 7.86. The Labute approximate surface area is 144 Å². The summed E-state index contributed by atoms with van der Waals surface area (Å²) in [5, 5.41) is 3.38. The maximum absolute atomic E-state index is 12.5. The summed E-state index contributed by atoms with van der Waals surface area (Å²) in [6, 6.07) is 12.2. The second-order valence-electron chi connectivity index (χ2n) is 5.57. The Morgan fingerprint density at radius 1 is 1.20 bits per heavy atom. The van der Waals surface area contributed by atoms with Crippen molar-refractivity contribution in [3.63, 3.8) is 0 Å². The summed E-state index contributed by atoms with van der Waals surface area (Å²) < 4.78 is 10.3. The number of anilines is 2. The lowest BCUT2D eigenvalue weighted by molar-refractivity contribution is 0.168. The van der Waals surface area contributed by atoms with E-state index in [4.69, 9.17) is 14.9 Å². The number of nitrogens with two attached hydrogens (primary N) is 1. The predicted octanol–water partition coefficient (Wildman–Crippen LogP) is 3.92. The molecular formula is C19H18N2O4. The Morgan fingerprint density at radius 2 is 1.92 bits per heavy atom. The Kier molecular flexibility index (Phi) is 4.43. The van der Waals surface area contributed by atoms with Gasteiger partial charge < -0.3 is 14.9 Å². The van der Waals surface area contributed by atoms with Crippen LogP contribution in [0.3, 0.4) is 0 Å². The fraction of sp³-hybridized carbons (Fsp3) is 0.158. The van der Waals surface area contributed by atoms with E-state index in [9.17, 15) is 9.59 Å². The summed E-state index contributed by atoms with van der Waals surface area (Å²) >= 11 is 0. The number of nitrogen functional groups attached to an aromatic ring is 1. The second kappa shape index (κ2) is 6.68. The quantitative estimate of drug-likeness (QED) is 0.557.